The van der Waals surface area contributed by atoms with Gasteiger partial charge in [0.25, 0.3) is 5.91 Å². The van der Waals surface area contributed by atoms with Crippen LogP contribution in [0.1, 0.15) is 19.4 Å². The second kappa shape index (κ2) is 3.78. The Labute approximate surface area is 93.8 Å². The molecule has 0 saturated carbocycles. The van der Waals surface area contributed by atoms with Gasteiger partial charge in [0.2, 0.25) is 0 Å². The van der Waals surface area contributed by atoms with E-state index in [-0.39, 0.29) is 11.8 Å². The molecule has 0 spiro atoms. The van der Waals surface area contributed by atoms with Gasteiger partial charge in [0.15, 0.2) is 0 Å². The molecule has 1 atom stereocenters. The van der Waals surface area contributed by atoms with Crippen LogP contribution >= 0.6 is 0 Å². The molecule has 1 heterocycles. The van der Waals surface area contributed by atoms with Crippen molar-refractivity contribution in [1.29, 1.82) is 5.26 Å². The molecule has 0 saturated heterocycles. The van der Waals surface area contributed by atoms with E-state index in [1.54, 1.807) is 24.3 Å². The maximum absolute atomic E-state index is 11.8. The van der Waals surface area contributed by atoms with Gasteiger partial charge in [-0.1, -0.05) is 0 Å². The number of carbonyl (C=O) groups is 1. The van der Waals surface area contributed by atoms with E-state index in [0.29, 0.717) is 11.3 Å². The topological polar surface area (TPSA) is 56.5 Å². The normalized spacial score (nSPS) is 19.6. The minimum absolute atomic E-state index is 0.0257. The minimum Gasteiger partial charge on any atom is -0.272 e. The van der Waals surface area contributed by atoms with Crippen molar-refractivity contribution in [2.24, 2.45) is 11.0 Å². The summed E-state index contributed by atoms with van der Waals surface area (Å²) in [6.45, 7) is 3.68. The Balaban J connectivity index is 2.33. The molecule has 1 aromatic rings. The highest BCUT2D eigenvalue weighted by atomic mass is 16.2. The fourth-order valence-electron chi connectivity index (χ4n) is 1.52. The predicted octanol–water partition coefficient (Wildman–Crippen LogP) is 1.92. The molecule has 4 nitrogen and oxygen atoms in total. The SMILES string of the molecule is CC1=NN(c2ccc(C#N)cc2)C(=O)C1C. The van der Waals surface area contributed by atoms with E-state index in [1.165, 1.54) is 5.01 Å². The van der Waals surface area contributed by atoms with Crippen LogP contribution in [0.15, 0.2) is 29.4 Å². The smallest absolute Gasteiger partial charge is 0.255 e. The zero-order valence-electron chi connectivity index (χ0n) is 9.14. The van der Waals surface area contributed by atoms with Gasteiger partial charge in [-0.2, -0.15) is 10.4 Å². The molecule has 0 fully saturated rings. The summed E-state index contributed by atoms with van der Waals surface area (Å²) in [4.78, 5) is 11.8. The molecule has 4 heteroatoms. The number of nitrogens with zero attached hydrogens (tertiary/aromatic N) is 3. The lowest BCUT2D eigenvalue weighted by molar-refractivity contribution is -0.119. The number of anilines is 1. The van der Waals surface area contributed by atoms with Crippen LogP contribution < -0.4 is 5.01 Å². The largest absolute Gasteiger partial charge is 0.272 e. The Kier molecular flexibility index (Phi) is 2.45. The van der Waals surface area contributed by atoms with Gasteiger partial charge >= 0.3 is 0 Å². The molecule has 0 bridgehead atoms. The summed E-state index contributed by atoms with van der Waals surface area (Å²) < 4.78 is 0. The molecule has 0 aromatic heterocycles. The Morgan fingerprint density at radius 2 is 2.00 bits per heavy atom. The van der Waals surface area contributed by atoms with Crippen LogP contribution in [-0.4, -0.2) is 11.6 Å². The van der Waals surface area contributed by atoms with Crippen LogP contribution in [0.3, 0.4) is 0 Å². The first kappa shape index (κ1) is 10.4. The van der Waals surface area contributed by atoms with E-state index >= 15 is 0 Å². The third-order valence-corrected chi connectivity index (χ3v) is 2.70. The summed E-state index contributed by atoms with van der Waals surface area (Å²) in [7, 11) is 0. The summed E-state index contributed by atoms with van der Waals surface area (Å²) in [5.74, 6) is -0.183. The number of nitriles is 1. The van der Waals surface area contributed by atoms with E-state index in [9.17, 15) is 4.79 Å². The average Bonchev–Trinajstić information content (AvgIpc) is 2.57. The predicted molar refractivity (Wildman–Crippen MR) is 60.9 cm³/mol. The maximum Gasteiger partial charge on any atom is 0.255 e. The summed E-state index contributed by atoms with van der Waals surface area (Å²) in [5.41, 5.74) is 2.09. The van der Waals surface area contributed by atoms with Crippen LogP contribution in [0.5, 0.6) is 0 Å². The number of benzene rings is 1. The number of hydrogen-bond acceptors (Lipinski definition) is 3. The van der Waals surface area contributed by atoms with Crippen molar-refractivity contribution in [2.75, 3.05) is 5.01 Å². The van der Waals surface area contributed by atoms with Crippen molar-refractivity contribution in [3.63, 3.8) is 0 Å². The number of amides is 1. The van der Waals surface area contributed by atoms with E-state index in [2.05, 4.69) is 5.10 Å². The molecule has 0 N–H and O–H groups in total. The average molecular weight is 213 g/mol. The highest BCUT2D eigenvalue weighted by molar-refractivity contribution is 6.14. The highest BCUT2D eigenvalue weighted by Crippen LogP contribution is 2.23. The van der Waals surface area contributed by atoms with Gasteiger partial charge in [0.1, 0.15) is 0 Å². The second-order valence-corrected chi connectivity index (χ2v) is 3.77. The fraction of sp³-hybridized carbons (Fsp3) is 0.250. The van der Waals surface area contributed by atoms with Gasteiger partial charge in [0.05, 0.1) is 23.2 Å². The molecule has 1 amide bonds. The van der Waals surface area contributed by atoms with Crippen LogP contribution in [0, 0.1) is 17.2 Å². The van der Waals surface area contributed by atoms with Gasteiger partial charge in [-0.3, -0.25) is 4.79 Å². The van der Waals surface area contributed by atoms with E-state index < -0.39 is 0 Å². The molecule has 0 radical (unpaired) electrons. The van der Waals surface area contributed by atoms with Gasteiger partial charge in [-0.05, 0) is 38.1 Å². The molecule has 1 aromatic carbocycles. The lowest BCUT2D eigenvalue weighted by Gasteiger charge is -2.12. The Morgan fingerprint density at radius 1 is 1.38 bits per heavy atom. The molecule has 1 aliphatic rings. The zero-order chi connectivity index (χ0) is 11.7. The lowest BCUT2D eigenvalue weighted by Crippen LogP contribution is -2.25. The zero-order valence-corrected chi connectivity index (χ0v) is 9.14. The quantitative estimate of drug-likeness (QED) is 0.715. The van der Waals surface area contributed by atoms with Gasteiger partial charge in [0, 0.05) is 5.71 Å². The lowest BCUT2D eigenvalue weighted by atomic mass is 10.1. The van der Waals surface area contributed by atoms with Crippen molar-refractivity contribution in [2.45, 2.75) is 13.8 Å². The van der Waals surface area contributed by atoms with Crippen molar-refractivity contribution >= 4 is 17.3 Å². The molecule has 16 heavy (non-hydrogen) atoms. The number of hydrogen-bond donors (Lipinski definition) is 0. The van der Waals surface area contributed by atoms with Gasteiger partial charge in [-0.25, -0.2) is 5.01 Å². The molecular weight excluding hydrogens is 202 g/mol. The fourth-order valence-corrected chi connectivity index (χ4v) is 1.52. The van der Waals surface area contributed by atoms with E-state index in [4.69, 9.17) is 5.26 Å². The summed E-state index contributed by atoms with van der Waals surface area (Å²) in [5, 5.41) is 14.3. The highest BCUT2D eigenvalue weighted by Gasteiger charge is 2.30. The van der Waals surface area contributed by atoms with E-state index in [0.717, 1.165) is 5.71 Å². The van der Waals surface area contributed by atoms with Crippen LogP contribution in [0.2, 0.25) is 0 Å². The summed E-state index contributed by atoms with van der Waals surface area (Å²) in [6.07, 6.45) is 0. The van der Waals surface area contributed by atoms with Crippen LogP contribution in [0.4, 0.5) is 5.69 Å². The monoisotopic (exact) mass is 213 g/mol. The molecule has 1 unspecified atom stereocenters. The number of rotatable bonds is 1. The number of hydrazone groups is 1. The molecule has 0 aliphatic carbocycles. The van der Waals surface area contributed by atoms with Gasteiger partial charge < -0.3 is 0 Å². The number of carbonyl (C=O) groups excluding carboxylic acids is 1. The molecule has 2 rings (SSSR count). The first-order chi connectivity index (χ1) is 7.63. The standard InChI is InChI=1S/C12H11N3O/c1-8-9(2)14-15(12(8)16)11-5-3-10(7-13)4-6-11/h3-6,8H,1-2H3. The van der Waals surface area contributed by atoms with Crippen LogP contribution in [0.25, 0.3) is 0 Å². The molecule has 80 valence electrons. The maximum atomic E-state index is 11.8. The van der Waals surface area contributed by atoms with Crippen molar-refractivity contribution < 1.29 is 4.79 Å². The summed E-state index contributed by atoms with van der Waals surface area (Å²) in [6, 6.07) is 8.84. The van der Waals surface area contributed by atoms with Gasteiger partial charge in [-0.15, -0.1) is 0 Å². The van der Waals surface area contributed by atoms with Crippen molar-refractivity contribution in [3.05, 3.63) is 29.8 Å². The van der Waals surface area contributed by atoms with Crippen molar-refractivity contribution in [1.82, 2.24) is 0 Å². The Bertz CT molecular complexity index is 496. The van der Waals surface area contributed by atoms with Crippen molar-refractivity contribution in [3.8, 4) is 6.07 Å². The first-order valence-electron chi connectivity index (χ1n) is 5.02. The summed E-state index contributed by atoms with van der Waals surface area (Å²) >= 11 is 0. The third-order valence-electron chi connectivity index (χ3n) is 2.70. The first-order valence-corrected chi connectivity index (χ1v) is 5.02. The van der Waals surface area contributed by atoms with Crippen LogP contribution in [-0.2, 0) is 4.79 Å². The Morgan fingerprint density at radius 3 is 2.44 bits per heavy atom. The molecule has 1 aliphatic heterocycles. The third kappa shape index (κ3) is 1.57. The second-order valence-electron chi connectivity index (χ2n) is 3.77. The van der Waals surface area contributed by atoms with E-state index in [1.807, 2.05) is 19.9 Å². The Hall–Kier alpha value is -2.15. The molecular formula is C12H11N3O. The minimum atomic E-state index is -0.157.